The molecule has 84 valence electrons. The lowest BCUT2D eigenvalue weighted by Gasteiger charge is -2.27. The molecule has 1 rings (SSSR count). The van der Waals surface area contributed by atoms with Gasteiger partial charge in [-0.25, -0.2) is 0 Å². The third kappa shape index (κ3) is 2.76. The summed E-state index contributed by atoms with van der Waals surface area (Å²) < 4.78 is 0. The second kappa shape index (κ2) is 5.23. The molecule has 0 fully saturated rings. The second-order valence-corrected chi connectivity index (χ2v) is 3.21. The third-order valence-electron chi connectivity index (χ3n) is 2.16. The lowest BCUT2D eigenvalue weighted by molar-refractivity contribution is -0.0671. The van der Waals surface area contributed by atoms with Crippen LogP contribution in [0.3, 0.4) is 0 Å². The van der Waals surface area contributed by atoms with Gasteiger partial charge in [-0.1, -0.05) is 24.3 Å². The number of halogens is 1. The Labute approximate surface area is 94.1 Å². The minimum Gasteiger partial charge on any atom is -0.389 e. The molecule has 0 saturated carbocycles. The first kappa shape index (κ1) is 14.1. The molecule has 1 aromatic rings. The SMILES string of the molecule is C[C@H](O)[C@@](N)(O)c1ccccc1C=O.Cl. The van der Waals surface area contributed by atoms with Crippen molar-refractivity contribution in [3.05, 3.63) is 35.4 Å². The summed E-state index contributed by atoms with van der Waals surface area (Å²) in [4.78, 5) is 10.6. The minimum atomic E-state index is -1.89. The fraction of sp³-hybridized carbons (Fsp3) is 0.300. The Bertz CT molecular complexity index is 339. The standard InChI is InChI=1S/C10H13NO3.ClH/c1-7(13)10(11,14)9-5-3-2-4-8(9)6-12;/h2-7,13-14H,11H2,1H3;1H/t7-,10+;/m0./s1. The Morgan fingerprint density at radius 2 is 2.00 bits per heavy atom. The summed E-state index contributed by atoms with van der Waals surface area (Å²) in [5.41, 5.74) is 4.12. The number of nitrogens with two attached hydrogens (primary N) is 1. The van der Waals surface area contributed by atoms with Gasteiger partial charge in [0.2, 0.25) is 0 Å². The van der Waals surface area contributed by atoms with Gasteiger partial charge >= 0.3 is 0 Å². The highest BCUT2D eigenvalue weighted by atomic mass is 35.5. The van der Waals surface area contributed by atoms with Crippen molar-refractivity contribution in [3.63, 3.8) is 0 Å². The van der Waals surface area contributed by atoms with Crippen molar-refractivity contribution < 1.29 is 15.0 Å². The van der Waals surface area contributed by atoms with Crippen LogP contribution in [-0.4, -0.2) is 22.6 Å². The molecule has 0 radical (unpaired) electrons. The molecule has 0 unspecified atom stereocenters. The number of carbonyl (C=O) groups is 1. The number of hydrogen-bond donors (Lipinski definition) is 3. The summed E-state index contributed by atoms with van der Waals surface area (Å²) in [5, 5.41) is 19.0. The third-order valence-corrected chi connectivity index (χ3v) is 2.16. The smallest absolute Gasteiger partial charge is 0.166 e. The van der Waals surface area contributed by atoms with Gasteiger partial charge in [-0.05, 0) is 6.92 Å². The Morgan fingerprint density at radius 1 is 1.47 bits per heavy atom. The highest BCUT2D eigenvalue weighted by Crippen LogP contribution is 2.21. The molecule has 0 heterocycles. The normalized spacial score (nSPS) is 16.0. The summed E-state index contributed by atoms with van der Waals surface area (Å²) in [5.74, 6) is 0. The quantitative estimate of drug-likeness (QED) is 0.520. The van der Waals surface area contributed by atoms with Crippen LogP contribution in [0.5, 0.6) is 0 Å². The molecule has 15 heavy (non-hydrogen) atoms. The van der Waals surface area contributed by atoms with Crippen molar-refractivity contribution in [2.24, 2.45) is 5.73 Å². The van der Waals surface area contributed by atoms with Crippen molar-refractivity contribution in [1.29, 1.82) is 0 Å². The molecule has 0 aliphatic carbocycles. The zero-order valence-electron chi connectivity index (χ0n) is 8.25. The van der Waals surface area contributed by atoms with E-state index < -0.39 is 11.8 Å². The molecule has 0 aliphatic heterocycles. The molecule has 0 bridgehead atoms. The van der Waals surface area contributed by atoms with Gasteiger partial charge in [0.15, 0.2) is 5.72 Å². The molecular weight excluding hydrogens is 218 g/mol. The maximum atomic E-state index is 10.6. The van der Waals surface area contributed by atoms with Crippen molar-refractivity contribution >= 4 is 18.7 Å². The van der Waals surface area contributed by atoms with Gasteiger partial charge in [0.1, 0.15) is 6.29 Å². The summed E-state index contributed by atoms with van der Waals surface area (Å²) in [6.45, 7) is 1.36. The van der Waals surface area contributed by atoms with Gasteiger partial charge in [-0.15, -0.1) is 12.4 Å². The number of benzene rings is 1. The monoisotopic (exact) mass is 231 g/mol. The number of aliphatic hydroxyl groups excluding tert-OH is 1. The molecule has 1 aromatic carbocycles. The molecule has 2 atom stereocenters. The second-order valence-electron chi connectivity index (χ2n) is 3.21. The van der Waals surface area contributed by atoms with E-state index in [9.17, 15) is 15.0 Å². The topological polar surface area (TPSA) is 83.6 Å². The predicted molar refractivity (Wildman–Crippen MR) is 58.8 cm³/mol. The fourth-order valence-corrected chi connectivity index (χ4v) is 1.19. The summed E-state index contributed by atoms with van der Waals surface area (Å²) >= 11 is 0. The molecule has 0 aliphatic rings. The van der Waals surface area contributed by atoms with Gasteiger partial charge in [-0.2, -0.15) is 0 Å². The maximum Gasteiger partial charge on any atom is 0.166 e. The molecule has 0 spiro atoms. The van der Waals surface area contributed by atoms with Gasteiger partial charge < -0.3 is 10.2 Å². The first-order chi connectivity index (χ1) is 6.50. The first-order valence-corrected chi connectivity index (χ1v) is 4.24. The van der Waals surface area contributed by atoms with E-state index in [1.165, 1.54) is 19.1 Å². The van der Waals surface area contributed by atoms with Crippen LogP contribution in [0.4, 0.5) is 0 Å². The van der Waals surface area contributed by atoms with Crippen molar-refractivity contribution in [3.8, 4) is 0 Å². The molecule has 4 nitrogen and oxygen atoms in total. The Kier molecular flexibility index (Phi) is 4.90. The minimum absolute atomic E-state index is 0. The average Bonchev–Trinajstić information content (AvgIpc) is 2.17. The van der Waals surface area contributed by atoms with E-state index >= 15 is 0 Å². The number of rotatable bonds is 3. The van der Waals surface area contributed by atoms with Crippen LogP contribution < -0.4 is 5.73 Å². The molecule has 4 N–H and O–H groups in total. The van der Waals surface area contributed by atoms with E-state index in [1.54, 1.807) is 12.1 Å². The summed E-state index contributed by atoms with van der Waals surface area (Å²) in [6, 6.07) is 6.34. The molecular formula is C10H14ClNO3. The lowest BCUT2D eigenvalue weighted by atomic mass is 9.94. The van der Waals surface area contributed by atoms with E-state index in [0.29, 0.717) is 6.29 Å². The van der Waals surface area contributed by atoms with E-state index in [-0.39, 0.29) is 23.5 Å². The molecule has 5 heteroatoms. The van der Waals surface area contributed by atoms with E-state index in [0.717, 1.165) is 0 Å². The number of aliphatic hydroxyl groups is 2. The number of aldehydes is 1. The highest BCUT2D eigenvalue weighted by molar-refractivity contribution is 5.85. The molecule has 0 saturated heterocycles. The number of carbonyl (C=O) groups excluding carboxylic acids is 1. The van der Waals surface area contributed by atoms with Crippen LogP contribution in [-0.2, 0) is 5.72 Å². The zero-order valence-corrected chi connectivity index (χ0v) is 9.07. The lowest BCUT2D eigenvalue weighted by Crippen LogP contribution is -2.47. The number of hydrogen-bond acceptors (Lipinski definition) is 4. The van der Waals surface area contributed by atoms with Gasteiger partial charge in [0.05, 0.1) is 6.10 Å². The van der Waals surface area contributed by atoms with Crippen molar-refractivity contribution in [2.75, 3.05) is 0 Å². The highest BCUT2D eigenvalue weighted by Gasteiger charge is 2.31. The average molecular weight is 232 g/mol. The maximum absolute atomic E-state index is 10.6. The van der Waals surface area contributed by atoms with Gasteiger partial charge in [0, 0.05) is 11.1 Å². The fourth-order valence-electron chi connectivity index (χ4n) is 1.19. The Balaban J connectivity index is 0.00000196. The van der Waals surface area contributed by atoms with Crippen LogP contribution >= 0.6 is 12.4 Å². The molecule has 0 aromatic heterocycles. The van der Waals surface area contributed by atoms with Gasteiger partial charge in [0.25, 0.3) is 0 Å². The van der Waals surface area contributed by atoms with E-state index in [2.05, 4.69) is 0 Å². The summed E-state index contributed by atoms with van der Waals surface area (Å²) in [7, 11) is 0. The Morgan fingerprint density at radius 3 is 2.47 bits per heavy atom. The van der Waals surface area contributed by atoms with Gasteiger partial charge in [-0.3, -0.25) is 10.5 Å². The van der Waals surface area contributed by atoms with Crippen LogP contribution in [0.15, 0.2) is 24.3 Å². The van der Waals surface area contributed by atoms with Crippen LogP contribution in [0.1, 0.15) is 22.8 Å². The summed E-state index contributed by atoms with van der Waals surface area (Å²) in [6.07, 6.45) is -0.557. The van der Waals surface area contributed by atoms with Crippen LogP contribution in [0, 0.1) is 0 Å². The van der Waals surface area contributed by atoms with E-state index in [4.69, 9.17) is 5.73 Å². The van der Waals surface area contributed by atoms with Crippen molar-refractivity contribution in [2.45, 2.75) is 18.8 Å². The van der Waals surface area contributed by atoms with E-state index in [1.807, 2.05) is 0 Å². The van der Waals surface area contributed by atoms with Crippen LogP contribution in [0.25, 0.3) is 0 Å². The largest absolute Gasteiger partial charge is 0.389 e. The zero-order chi connectivity index (χ0) is 10.8. The Hall–Kier alpha value is -0.940. The van der Waals surface area contributed by atoms with Crippen molar-refractivity contribution in [1.82, 2.24) is 0 Å². The predicted octanol–water partition coefficient (Wildman–Crippen LogP) is 0.405. The first-order valence-electron chi connectivity index (χ1n) is 4.24. The van der Waals surface area contributed by atoms with Crippen LogP contribution in [0.2, 0.25) is 0 Å². The molecule has 0 amide bonds.